The number of aromatic nitrogens is 1. The Hall–Kier alpha value is -1.32. The minimum Gasteiger partial charge on any atom is -0.395 e. The quantitative estimate of drug-likeness (QED) is 0.850. The highest BCUT2D eigenvalue weighted by Gasteiger charge is 2.09. The van der Waals surface area contributed by atoms with Crippen molar-refractivity contribution < 1.29 is 5.11 Å². The van der Waals surface area contributed by atoms with Gasteiger partial charge in [0.2, 0.25) is 0 Å². The first-order valence-corrected chi connectivity index (χ1v) is 6.60. The average Bonchev–Trinajstić information content (AvgIpc) is 2.68. The zero-order chi connectivity index (χ0) is 13.1. The van der Waals surface area contributed by atoms with Crippen molar-refractivity contribution in [3.8, 4) is 0 Å². The van der Waals surface area contributed by atoms with Gasteiger partial charge in [0.05, 0.1) is 6.61 Å². The van der Waals surface area contributed by atoms with Crippen LogP contribution in [0.25, 0.3) is 10.9 Å². The van der Waals surface area contributed by atoms with E-state index in [-0.39, 0.29) is 6.61 Å². The van der Waals surface area contributed by atoms with E-state index < -0.39 is 0 Å². The molecule has 0 saturated carbocycles. The second-order valence-electron chi connectivity index (χ2n) is 5.04. The molecule has 0 aliphatic rings. The number of hydrogen-bond donors (Lipinski definition) is 2. The lowest BCUT2D eigenvalue weighted by atomic mass is 10.00. The van der Waals surface area contributed by atoms with Crippen LogP contribution in [0.3, 0.4) is 0 Å². The van der Waals surface area contributed by atoms with Gasteiger partial charge < -0.3 is 15.4 Å². The minimum absolute atomic E-state index is 0.164. The van der Waals surface area contributed by atoms with Crippen LogP contribution >= 0.6 is 0 Å². The molecule has 1 heterocycles. The van der Waals surface area contributed by atoms with Gasteiger partial charge >= 0.3 is 0 Å². The molecule has 2 aromatic rings. The third-order valence-electron chi connectivity index (χ3n) is 3.41. The molecule has 98 valence electrons. The fourth-order valence-corrected chi connectivity index (χ4v) is 2.40. The lowest BCUT2D eigenvalue weighted by molar-refractivity contribution is 0.278. The van der Waals surface area contributed by atoms with Crippen molar-refractivity contribution in [2.45, 2.75) is 32.7 Å². The zero-order valence-corrected chi connectivity index (χ0v) is 11.2. The van der Waals surface area contributed by atoms with Crippen LogP contribution < -0.4 is 5.73 Å². The first-order chi connectivity index (χ1) is 8.67. The van der Waals surface area contributed by atoms with Gasteiger partial charge in [0.15, 0.2) is 0 Å². The molecule has 0 radical (unpaired) electrons. The summed E-state index contributed by atoms with van der Waals surface area (Å²) in [6.07, 6.45) is 3.01. The predicted molar refractivity (Wildman–Crippen MR) is 75.9 cm³/mol. The number of aliphatic hydroxyl groups is 1. The third kappa shape index (κ3) is 2.42. The Labute approximate surface area is 108 Å². The minimum atomic E-state index is 0.164. The molecule has 0 fully saturated rings. The number of fused-ring (bicyclic) bond motifs is 1. The number of benzene rings is 1. The Morgan fingerprint density at radius 3 is 2.72 bits per heavy atom. The van der Waals surface area contributed by atoms with Crippen LogP contribution in [0.1, 0.15) is 30.9 Å². The fraction of sp³-hybridized carbons (Fsp3) is 0.467. The van der Waals surface area contributed by atoms with Gasteiger partial charge in [-0.25, -0.2) is 0 Å². The average molecular weight is 246 g/mol. The zero-order valence-electron chi connectivity index (χ0n) is 11.2. The number of hydrogen-bond acceptors (Lipinski definition) is 2. The molecule has 0 saturated heterocycles. The predicted octanol–water partition coefficient (Wildman–Crippen LogP) is 2.26. The molecule has 3 nitrogen and oxygen atoms in total. The van der Waals surface area contributed by atoms with Crippen molar-refractivity contribution in [2.75, 3.05) is 13.2 Å². The maximum atomic E-state index is 9.12. The Balaban J connectivity index is 2.55. The monoisotopic (exact) mass is 246 g/mol. The van der Waals surface area contributed by atoms with Crippen LogP contribution in [0.4, 0.5) is 0 Å². The van der Waals surface area contributed by atoms with E-state index in [1.165, 1.54) is 22.0 Å². The summed E-state index contributed by atoms with van der Waals surface area (Å²) in [7, 11) is 0. The molecule has 0 aliphatic carbocycles. The second kappa shape index (κ2) is 5.55. The molecule has 0 unspecified atom stereocenters. The van der Waals surface area contributed by atoms with E-state index in [0.29, 0.717) is 19.0 Å². The van der Waals surface area contributed by atoms with E-state index in [1.54, 1.807) is 0 Å². The van der Waals surface area contributed by atoms with E-state index in [9.17, 15) is 0 Å². The largest absolute Gasteiger partial charge is 0.395 e. The molecular formula is C15H22N2O. The van der Waals surface area contributed by atoms with Gasteiger partial charge in [-0.15, -0.1) is 0 Å². The van der Waals surface area contributed by atoms with E-state index in [1.807, 2.05) is 0 Å². The van der Waals surface area contributed by atoms with Crippen LogP contribution in [0.2, 0.25) is 0 Å². The molecule has 0 spiro atoms. The highest BCUT2D eigenvalue weighted by molar-refractivity contribution is 5.85. The lowest BCUT2D eigenvalue weighted by Crippen LogP contribution is -2.02. The first kappa shape index (κ1) is 13.1. The summed E-state index contributed by atoms with van der Waals surface area (Å²) in [6, 6.07) is 6.59. The molecule has 0 amide bonds. The molecule has 3 heteroatoms. The normalized spacial score (nSPS) is 11.6. The molecule has 18 heavy (non-hydrogen) atoms. The van der Waals surface area contributed by atoms with Crippen LogP contribution in [0.15, 0.2) is 24.4 Å². The fourth-order valence-electron chi connectivity index (χ4n) is 2.40. The summed E-state index contributed by atoms with van der Waals surface area (Å²) in [5.74, 6) is 0.529. The summed E-state index contributed by atoms with van der Waals surface area (Å²) >= 11 is 0. The van der Waals surface area contributed by atoms with Crippen molar-refractivity contribution in [3.05, 3.63) is 35.5 Å². The van der Waals surface area contributed by atoms with Crippen molar-refractivity contribution >= 4 is 10.9 Å². The van der Waals surface area contributed by atoms with Gasteiger partial charge in [0.1, 0.15) is 0 Å². The Morgan fingerprint density at radius 2 is 2.11 bits per heavy atom. The van der Waals surface area contributed by atoms with Crippen molar-refractivity contribution in [1.29, 1.82) is 0 Å². The van der Waals surface area contributed by atoms with Gasteiger partial charge in [0.25, 0.3) is 0 Å². The SMILES string of the molecule is CC(C)c1ccc2c(c1)c(CCN)cn2CCO. The van der Waals surface area contributed by atoms with Crippen molar-refractivity contribution in [2.24, 2.45) is 5.73 Å². The molecule has 0 aliphatic heterocycles. The van der Waals surface area contributed by atoms with Crippen LogP contribution in [-0.4, -0.2) is 22.8 Å². The van der Waals surface area contributed by atoms with Gasteiger partial charge in [-0.2, -0.15) is 0 Å². The van der Waals surface area contributed by atoms with Crippen molar-refractivity contribution in [1.82, 2.24) is 4.57 Å². The van der Waals surface area contributed by atoms with Crippen LogP contribution in [-0.2, 0) is 13.0 Å². The van der Waals surface area contributed by atoms with E-state index in [2.05, 4.69) is 42.8 Å². The molecular weight excluding hydrogens is 224 g/mol. The Morgan fingerprint density at radius 1 is 1.33 bits per heavy atom. The highest BCUT2D eigenvalue weighted by atomic mass is 16.3. The van der Waals surface area contributed by atoms with E-state index in [0.717, 1.165) is 6.42 Å². The smallest absolute Gasteiger partial charge is 0.0610 e. The molecule has 1 aromatic heterocycles. The molecule has 2 rings (SSSR count). The molecule has 0 bridgehead atoms. The topological polar surface area (TPSA) is 51.2 Å². The maximum absolute atomic E-state index is 9.12. The maximum Gasteiger partial charge on any atom is 0.0610 e. The Kier molecular flexibility index (Phi) is 4.04. The molecule has 1 aromatic carbocycles. The highest BCUT2D eigenvalue weighted by Crippen LogP contribution is 2.26. The third-order valence-corrected chi connectivity index (χ3v) is 3.41. The number of aliphatic hydroxyl groups excluding tert-OH is 1. The first-order valence-electron chi connectivity index (χ1n) is 6.60. The summed E-state index contributed by atoms with van der Waals surface area (Å²) in [4.78, 5) is 0. The molecule has 3 N–H and O–H groups in total. The summed E-state index contributed by atoms with van der Waals surface area (Å²) < 4.78 is 2.12. The summed E-state index contributed by atoms with van der Waals surface area (Å²) in [5, 5.41) is 10.4. The van der Waals surface area contributed by atoms with E-state index >= 15 is 0 Å². The van der Waals surface area contributed by atoms with Crippen LogP contribution in [0.5, 0.6) is 0 Å². The standard InChI is InChI=1S/C15H22N2O/c1-11(2)12-3-4-15-14(9-12)13(5-6-16)10-17(15)7-8-18/h3-4,9-11,18H,5-8,16H2,1-2H3. The van der Waals surface area contributed by atoms with Gasteiger partial charge in [0, 0.05) is 23.6 Å². The Bertz CT molecular complexity index is 529. The summed E-state index contributed by atoms with van der Waals surface area (Å²) in [5.41, 5.74) is 9.50. The number of nitrogens with two attached hydrogens (primary N) is 1. The molecule has 0 atom stereocenters. The lowest BCUT2D eigenvalue weighted by Gasteiger charge is -2.07. The van der Waals surface area contributed by atoms with Gasteiger partial charge in [-0.3, -0.25) is 0 Å². The van der Waals surface area contributed by atoms with Crippen LogP contribution in [0, 0.1) is 0 Å². The summed E-state index contributed by atoms with van der Waals surface area (Å²) in [6.45, 7) is 5.87. The van der Waals surface area contributed by atoms with Gasteiger partial charge in [-0.05, 0) is 42.1 Å². The number of nitrogens with zero attached hydrogens (tertiary/aromatic N) is 1. The second-order valence-corrected chi connectivity index (χ2v) is 5.04. The van der Waals surface area contributed by atoms with E-state index in [4.69, 9.17) is 10.8 Å². The number of rotatable bonds is 5. The van der Waals surface area contributed by atoms with Gasteiger partial charge in [-0.1, -0.05) is 19.9 Å². The van der Waals surface area contributed by atoms with Crippen molar-refractivity contribution in [3.63, 3.8) is 0 Å².